The Labute approximate surface area is 149 Å². The molecule has 24 heavy (non-hydrogen) atoms. The Hall–Kier alpha value is -2.05. The molecule has 3 rings (SSSR count). The summed E-state index contributed by atoms with van der Waals surface area (Å²) in [5, 5.41) is 3.04. The Bertz CT molecular complexity index is 889. The van der Waals surface area contributed by atoms with Gasteiger partial charge in [-0.2, -0.15) is 0 Å². The maximum Gasteiger partial charge on any atom is 0.234 e. The van der Waals surface area contributed by atoms with Gasteiger partial charge in [0.25, 0.3) is 0 Å². The normalized spacial score (nSPS) is 10.9. The van der Waals surface area contributed by atoms with Crippen molar-refractivity contribution < 1.29 is 4.79 Å². The van der Waals surface area contributed by atoms with E-state index in [4.69, 9.17) is 5.73 Å². The summed E-state index contributed by atoms with van der Waals surface area (Å²) in [5.74, 6) is 0.329. The lowest BCUT2D eigenvalue weighted by Crippen LogP contribution is -2.16. The highest BCUT2D eigenvalue weighted by atomic mass is 32.2. The molecule has 3 N–H and O–H groups in total. The van der Waals surface area contributed by atoms with E-state index in [0.29, 0.717) is 5.75 Å². The molecule has 0 spiro atoms. The summed E-state index contributed by atoms with van der Waals surface area (Å²) in [6.07, 6.45) is 0.893. The molecule has 0 bridgehead atoms. The summed E-state index contributed by atoms with van der Waals surface area (Å²) in [5.41, 5.74) is 10.6. The van der Waals surface area contributed by atoms with Gasteiger partial charge in [-0.3, -0.25) is 4.79 Å². The molecule has 1 amide bonds. The number of para-hydroxylation sites is 1. The number of nitrogens with zero attached hydrogens (tertiary/aromatic N) is 1. The molecule has 0 aliphatic rings. The van der Waals surface area contributed by atoms with Gasteiger partial charge in [-0.25, -0.2) is 4.98 Å². The number of nitrogen functional groups attached to an aromatic ring is 1. The molecule has 0 fully saturated rings. The van der Waals surface area contributed by atoms with Gasteiger partial charge in [0.05, 0.1) is 16.0 Å². The molecule has 0 unspecified atom stereocenters. The van der Waals surface area contributed by atoms with Gasteiger partial charge in [-0.05, 0) is 42.7 Å². The van der Waals surface area contributed by atoms with Crippen LogP contribution >= 0.6 is 23.1 Å². The summed E-state index contributed by atoms with van der Waals surface area (Å²) >= 11 is 3.02. The summed E-state index contributed by atoms with van der Waals surface area (Å²) in [6.45, 7) is 4.10. The molecule has 0 aliphatic heterocycles. The van der Waals surface area contributed by atoms with Crippen molar-refractivity contribution in [1.82, 2.24) is 4.98 Å². The first kappa shape index (κ1) is 16.8. The number of amides is 1. The fourth-order valence-electron chi connectivity index (χ4n) is 2.49. The van der Waals surface area contributed by atoms with Crippen LogP contribution in [0.4, 0.5) is 11.4 Å². The molecule has 0 saturated heterocycles. The molecule has 4 nitrogen and oxygen atoms in total. The quantitative estimate of drug-likeness (QED) is 0.522. The number of anilines is 2. The van der Waals surface area contributed by atoms with Crippen LogP contribution in [0.1, 0.15) is 18.1 Å². The lowest BCUT2D eigenvalue weighted by Gasteiger charge is -2.12. The number of hydrogen-bond donors (Lipinski definition) is 2. The minimum atomic E-state index is -0.0113. The zero-order chi connectivity index (χ0) is 17.1. The van der Waals surface area contributed by atoms with Gasteiger partial charge in [0.15, 0.2) is 4.34 Å². The zero-order valence-corrected chi connectivity index (χ0v) is 15.3. The molecular weight excluding hydrogens is 338 g/mol. The van der Waals surface area contributed by atoms with E-state index in [-0.39, 0.29) is 5.91 Å². The molecular formula is C18H19N3OS2. The molecule has 0 saturated carbocycles. The van der Waals surface area contributed by atoms with Crippen LogP contribution in [0.5, 0.6) is 0 Å². The Morgan fingerprint density at radius 2 is 2.17 bits per heavy atom. The minimum absolute atomic E-state index is 0.0113. The highest BCUT2D eigenvalue weighted by Crippen LogP contribution is 2.31. The first-order valence-electron chi connectivity index (χ1n) is 7.74. The molecule has 124 valence electrons. The Balaban J connectivity index is 1.67. The lowest BCUT2D eigenvalue weighted by atomic mass is 10.1. The van der Waals surface area contributed by atoms with Gasteiger partial charge in [0, 0.05) is 11.4 Å². The molecule has 1 aromatic heterocycles. The molecule has 3 aromatic rings. The number of thioether (sulfide) groups is 1. The Morgan fingerprint density at radius 1 is 1.33 bits per heavy atom. The van der Waals surface area contributed by atoms with Crippen molar-refractivity contribution in [2.45, 2.75) is 24.6 Å². The maximum absolute atomic E-state index is 12.3. The van der Waals surface area contributed by atoms with Crippen molar-refractivity contribution in [2.75, 3.05) is 16.8 Å². The molecule has 1 heterocycles. The van der Waals surface area contributed by atoms with E-state index in [0.717, 1.165) is 43.5 Å². The van der Waals surface area contributed by atoms with E-state index in [1.165, 1.54) is 11.8 Å². The second-order valence-electron chi connectivity index (χ2n) is 5.51. The number of benzene rings is 2. The van der Waals surface area contributed by atoms with Gasteiger partial charge in [-0.15, -0.1) is 11.3 Å². The number of rotatable bonds is 5. The number of fused-ring (bicyclic) bond motifs is 1. The summed E-state index contributed by atoms with van der Waals surface area (Å²) < 4.78 is 1.93. The second-order valence-corrected chi connectivity index (χ2v) is 7.76. The van der Waals surface area contributed by atoms with E-state index < -0.39 is 0 Å². The maximum atomic E-state index is 12.3. The van der Waals surface area contributed by atoms with Crippen LogP contribution < -0.4 is 11.1 Å². The predicted octanol–water partition coefficient (Wildman–Crippen LogP) is 4.48. The second kappa shape index (κ2) is 7.23. The van der Waals surface area contributed by atoms with Crippen LogP contribution in [0.25, 0.3) is 10.2 Å². The average Bonchev–Trinajstić information content (AvgIpc) is 2.96. The van der Waals surface area contributed by atoms with Crippen LogP contribution in [0, 0.1) is 6.92 Å². The number of nitrogens with two attached hydrogens (primary N) is 1. The van der Waals surface area contributed by atoms with Crippen molar-refractivity contribution in [3.8, 4) is 0 Å². The van der Waals surface area contributed by atoms with E-state index in [2.05, 4.69) is 17.2 Å². The van der Waals surface area contributed by atoms with Crippen molar-refractivity contribution in [3.63, 3.8) is 0 Å². The third kappa shape index (κ3) is 3.71. The van der Waals surface area contributed by atoms with E-state index >= 15 is 0 Å². The highest BCUT2D eigenvalue weighted by Gasteiger charge is 2.11. The summed E-state index contributed by atoms with van der Waals surface area (Å²) in [4.78, 5) is 16.8. The predicted molar refractivity (Wildman–Crippen MR) is 104 cm³/mol. The van der Waals surface area contributed by atoms with E-state index in [1.54, 1.807) is 11.3 Å². The first-order chi connectivity index (χ1) is 11.6. The van der Waals surface area contributed by atoms with Gasteiger partial charge >= 0.3 is 0 Å². The van der Waals surface area contributed by atoms with Crippen molar-refractivity contribution >= 4 is 50.6 Å². The van der Waals surface area contributed by atoms with Crippen LogP contribution in [0.2, 0.25) is 0 Å². The fraction of sp³-hybridized carbons (Fsp3) is 0.222. The van der Waals surface area contributed by atoms with Crippen LogP contribution in [-0.2, 0) is 11.2 Å². The molecule has 0 aliphatic carbocycles. The number of aromatic nitrogens is 1. The van der Waals surface area contributed by atoms with Gasteiger partial charge < -0.3 is 11.1 Å². The highest BCUT2D eigenvalue weighted by molar-refractivity contribution is 8.01. The number of carbonyl (C=O) groups excluding carboxylic acids is 1. The number of carbonyl (C=O) groups is 1. The third-order valence-corrected chi connectivity index (χ3v) is 5.89. The summed E-state index contributed by atoms with van der Waals surface area (Å²) in [7, 11) is 0. The molecule has 0 atom stereocenters. The van der Waals surface area contributed by atoms with Crippen molar-refractivity contribution in [1.29, 1.82) is 0 Å². The van der Waals surface area contributed by atoms with Crippen LogP contribution in [0.15, 0.2) is 40.7 Å². The number of thiazole rings is 1. The summed E-state index contributed by atoms with van der Waals surface area (Å²) in [6, 6.07) is 11.7. The van der Waals surface area contributed by atoms with Crippen molar-refractivity contribution in [2.24, 2.45) is 0 Å². The largest absolute Gasteiger partial charge is 0.399 e. The molecule has 2 aromatic carbocycles. The van der Waals surface area contributed by atoms with Gasteiger partial charge in [0.1, 0.15) is 0 Å². The fourth-order valence-corrected chi connectivity index (χ4v) is 4.40. The zero-order valence-electron chi connectivity index (χ0n) is 13.6. The average molecular weight is 358 g/mol. The topological polar surface area (TPSA) is 68.0 Å². The first-order valence-corrected chi connectivity index (χ1v) is 9.54. The van der Waals surface area contributed by atoms with E-state index in [1.807, 2.05) is 43.3 Å². The minimum Gasteiger partial charge on any atom is -0.399 e. The molecule has 0 radical (unpaired) electrons. The molecule has 6 heteroatoms. The lowest BCUT2D eigenvalue weighted by molar-refractivity contribution is -0.113. The Morgan fingerprint density at radius 3 is 2.96 bits per heavy atom. The van der Waals surface area contributed by atoms with Crippen molar-refractivity contribution in [3.05, 3.63) is 47.5 Å². The van der Waals surface area contributed by atoms with Crippen LogP contribution in [0.3, 0.4) is 0 Å². The number of nitrogens with one attached hydrogen (secondary N) is 1. The van der Waals surface area contributed by atoms with Gasteiger partial charge in [-0.1, -0.05) is 36.9 Å². The smallest absolute Gasteiger partial charge is 0.234 e. The van der Waals surface area contributed by atoms with Gasteiger partial charge in [0.2, 0.25) is 5.91 Å². The standard InChI is InChI=1S/C18H19N3OS2/c1-3-12-6-4-5-11(2)17(12)21-16(22)10-23-18-20-14-8-7-13(19)9-15(14)24-18/h4-9H,3,10,19H2,1-2H3,(H,21,22). The number of aryl methyl sites for hydroxylation is 2. The monoisotopic (exact) mass is 357 g/mol. The third-order valence-electron chi connectivity index (χ3n) is 3.72. The SMILES string of the molecule is CCc1cccc(C)c1NC(=O)CSc1nc2ccc(N)cc2s1. The number of hydrogen-bond acceptors (Lipinski definition) is 5. The van der Waals surface area contributed by atoms with Crippen LogP contribution in [-0.4, -0.2) is 16.6 Å². The Kier molecular flexibility index (Phi) is 5.06. The van der Waals surface area contributed by atoms with E-state index in [9.17, 15) is 4.79 Å².